The molecule has 1 saturated heterocycles. The van der Waals surface area contributed by atoms with Gasteiger partial charge in [-0.05, 0) is 12.1 Å². The largest absolute Gasteiger partial charge is 0.323 e. The lowest BCUT2D eigenvalue weighted by Crippen LogP contribution is -2.45. The summed E-state index contributed by atoms with van der Waals surface area (Å²) < 4.78 is 0. The molecule has 17 heavy (non-hydrogen) atoms. The minimum absolute atomic E-state index is 0.0507. The quantitative estimate of drug-likeness (QED) is 0.806. The molecule has 0 spiro atoms. The Balaban J connectivity index is 1.95. The Bertz CT molecular complexity index is 417. The summed E-state index contributed by atoms with van der Waals surface area (Å²) in [5, 5.41) is 2.82. The number of hydrogen-bond acceptors (Lipinski definition) is 2. The van der Waals surface area contributed by atoms with Crippen molar-refractivity contribution in [1.29, 1.82) is 0 Å². The fourth-order valence-corrected chi connectivity index (χ4v) is 1.92. The molecule has 90 valence electrons. The van der Waals surface area contributed by atoms with E-state index in [1.807, 2.05) is 37.3 Å². The second-order valence-electron chi connectivity index (χ2n) is 4.36. The lowest BCUT2D eigenvalue weighted by Gasteiger charge is -2.30. The van der Waals surface area contributed by atoms with Crippen LogP contribution in [0.25, 0.3) is 0 Å². The normalized spacial score (nSPS) is 20.2. The number of carbonyl (C=O) groups excluding carboxylic acids is 2. The van der Waals surface area contributed by atoms with Crippen LogP contribution >= 0.6 is 0 Å². The van der Waals surface area contributed by atoms with Crippen LogP contribution in [0.1, 0.15) is 13.3 Å². The molecule has 1 atom stereocenters. The second kappa shape index (κ2) is 4.99. The van der Waals surface area contributed by atoms with Crippen LogP contribution in [-0.4, -0.2) is 29.8 Å². The maximum Gasteiger partial charge on any atom is 0.321 e. The fraction of sp³-hybridized carbons (Fsp3) is 0.385. The van der Waals surface area contributed by atoms with Crippen molar-refractivity contribution in [3.05, 3.63) is 30.3 Å². The Labute approximate surface area is 101 Å². The van der Waals surface area contributed by atoms with Gasteiger partial charge in [-0.1, -0.05) is 25.1 Å². The maximum absolute atomic E-state index is 11.9. The third-order valence-electron chi connectivity index (χ3n) is 2.98. The van der Waals surface area contributed by atoms with E-state index in [1.54, 1.807) is 4.90 Å². The van der Waals surface area contributed by atoms with Crippen molar-refractivity contribution in [2.75, 3.05) is 18.4 Å². The smallest absolute Gasteiger partial charge is 0.321 e. The number of nitrogens with one attached hydrogen (secondary N) is 1. The Morgan fingerprint density at radius 1 is 1.35 bits per heavy atom. The summed E-state index contributed by atoms with van der Waals surface area (Å²) in [6, 6.07) is 9.20. The summed E-state index contributed by atoms with van der Waals surface area (Å²) in [5.74, 6) is 0.194. The molecule has 1 aromatic rings. The molecule has 0 saturated carbocycles. The van der Waals surface area contributed by atoms with E-state index in [4.69, 9.17) is 0 Å². The van der Waals surface area contributed by atoms with E-state index in [0.717, 1.165) is 5.69 Å². The number of anilines is 1. The maximum atomic E-state index is 11.9. The summed E-state index contributed by atoms with van der Waals surface area (Å²) >= 11 is 0. The van der Waals surface area contributed by atoms with Gasteiger partial charge in [0.2, 0.25) is 0 Å². The van der Waals surface area contributed by atoms with Gasteiger partial charge in [-0.3, -0.25) is 4.79 Å². The highest BCUT2D eigenvalue weighted by Gasteiger charge is 2.26. The molecule has 2 rings (SSSR count). The zero-order valence-electron chi connectivity index (χ0n) is 9.85. The van der Waals surface area contributed by atoms with Gasteiger partial charge in [0.1, 0.15) is 5.78 Å². The number of benzene rings is 1. The van der Waals surface area contributed by atoms with Crippen LogP contribution in [-0.2, 0) is 4.79 Å². The zero-order valence-corrected chi connectivity index (χ0v) is 9.85. The molecule has 0 aromatic heterocycles. The molecule has 1 aliphatic heterocycles. The van der Waals surface area contributed by atoms with Gasteiger partial charge >= 0.3 is 6.03 Å². The molecule has 1 heterocycles. The van der Waals surface area contributed by atoms with Crippen molar-refractivity contribution in [1.82, 2.24) is 4.90 Å². The van der Waals surface area contributed by atoms with Gasteiger partial charge in [-0.25, -0.2) is 4.79 Å². The zero-order chi connectivity index (χ0) is 12.3. The van der Waals surface area contributed by atoms with E-state index in [9.17, 15) is 9.59 Å². The fourth-order valence-electron chi connectivity index (χ4n) is 1.92. The second-order valence-corrected chi connectivity index (χ2v) is 4.36. The molecule has 0 bridgehead atoms. The van der Waals surface area contributed by atoms with E-state index >= 15 is 0 Å². The lowest BCUT2D eigenvalue weighted by atomic mass is 9.99. The molecule has 1 N–H and O–H groups in total. The van der Waals surface area contributed by atoms with E-state index in [-0.39, 0.29) is 17.7 Å². The minimum Gasteiger partial charge on any atom is -0.323 e. The van der Waals surface area contributed by atoms with Crippen LogP contribution in [0.4, 0.5) is 10.5 Å². The number of rotatable bonds is 1. The average molecular weight is 232 g/mol. The molecule has 0 unspecified atom stereocenters. The SMILES string of the molecule is C[C@@H]1CN(C(=O)Nc2ccccc2)CCC1=O. The third-order valence-corrected chi connectivity index (χ3v) is 2.98. The molecular formula is C13H16N2O2. The van der Waals surface area contributed by atoms with Crippen molar-refractivity contribution >= 4 is 17.5 Å². The van der Waals surface area contributed by atoms with Crippen molar-refractivity contribution in [3.63, 3.8) is 0 Å². The lowest BCUT2D eigenvalue weighted by molar-refractivity contribution is -0.124. The Morgan fingerprint density at radius 2 is 2.06 bits per heavy atom. The predicted molar refractivity (Wildman–Crippen MR) is 65.8 cm³/mol. The van der Waals surface area contributed by atoms with Crippen LogP contribution in [0.5, 0.6) is 0 Å². The number of carbonyl (C=O) groups is 2. The number of amides is 2. The number of urea groups is 1. The minimum atomic E-state index is -0.129. The number of piperidine rings is 1. The highest BCUT2D eigenvalue weighted by atomic mass is 16.2. The Morgan fingerprint density at radius 3 is 2.71 bits per heavy atom. The molecule has 0 radical (unpaired) electrons. The summed E-state index contributed by atoms with van der Waals surface area (Å²) in [7, 11) is 0. The first kappa shape index (κ1) is 11.6. The van der Waals surface area contributed by atoms with Crippen LogP contribution in [0.15, 0.2) is 30.3 Å². The summed E-state index contributed by atoms with van der Waals surface area (Å²) in [6.07, 6.45) is 0.462. The number of Topliss-reactive ketones (excluding diaryl/α,β-unsaturated/α-hetero) is 1. The van der Waals surface area contributed by atoms with Crippen molar-refractivity contribution in [2.45, 2.75) is 13.3 Å². The van der Waals surface area contributed by atoms with Crippen LogP contribution in [0.2, 0.25) is 0 Å². The van der Waals surface area contributed by atoms with Gasteiger partial charge in [0.25, 0.3) is 0 Å². The summed E-state index contributed by atoms with van der Waals surface area (Å²) in [5.41, 5.74) is 0.780. The first-order valence-electron chi connectivity index (χ1n) is 5.80. The Kier molecular flexibility index (Phi) is 3.42. The van der Waals surface area contributed by atoms with Gasteiger partial charge in [0.15, 0.2) is 0 Å². The molecule has 4 nitrogen and oxygen atoms in total. The average Bonchev–Trinajstić information content (AvgIpc) is 2.34. The Hall–Kier alpha value is -1.84. The number of likely N-dealkylation sites (tertiary alicyclic amines) is 1. The molecule has 0 aliphatic carbocycles. The third kappa shape index (κ3) is 2.84. The standard InChI is InChI=1S/C13H16N2O2/c1-10-9-15(8-7-12(10)16)13(17)14-11-5-3-2-4-6-11/h2-6,10H,7-9H2,1H3,(H,14,17)/t10-/m1/s1. The molecule has 1 aliphatic rings. The van der Waals surface area contributed by atoms with Gasteiger partial charge in [0.05, 0.1) is 0 Å². The van der Waals surface area contributed by atoms with Gasteiger partial charge in [0, 0.05) is 31.1 Å². The predicted octanol–water partition coefficient (Wildman–Crippen LogP) is 2.13. The molecule has 1 fully saturated rings. The van der Waals surface area contributed by atoms with E-state index in [2.05, 4.69) is 5.32 Å². The van der Waals surface area contributed by atoms with E-state index < -0.39 is 0 Å². The number of nitrogens with zero attached hydrogens (tertiary/aromatic N) is 1. The first-order chi connectivity index (χ1) is 8.16. The highest BCUT2D eigenvalue weighted by molar-refractivity contribution is 5.91. The highest BCUT2D eigenvalue weighted by Crippen LogP contribution is 2.14. The molecule has 1 aromatic carbocycles. The van der Waals surface area contributed by atoms with Crippen molar-refractivity contribution < 1.29 is 9.59 Å². The van der Waals surface area contributed by atoms with Crippen LogP contribution in [0.3, 0.4) is 0 Å². The summed E-state index contributed by atoms with van der Waals surface area (Å²) in [6.45, 7) is 2.89. The number of ketones is 1. The number of para-hydroxylation sites is 1. The topological polar surface area (TPSA) is 49.4 Å². The van der Waals surface area contributed by atoms with E-state index in [1.165, 1.54) is 0 Å². The van der Waals surface area contributed by atoms with Crippen LogP contribution in [0, 0.1) is 5.92 Å². The molecule has 4 heteroatoms. The summed E-state index contributed by atoms with van der Waals surface area (Å²) in [4.78, 5) is 25.0. The van der Waals surface area contributed by atoms with Crippen LogP contribution < -0.4 is 5.32 Å². The molecule has 2 amide bonds. The van der Waals surface area contributed by atoms with Crippen molar-refractivity contribution in [3.8, 4) is 0 Å². The van der Waals surface area contributed by atoms with Gasteiger partial charge in [-0.2, -0.15) is 0 Å². The molecular weight excluding hydrogens is 216 g/mol. The van der Waals surface area contributed by atoms with E-state index in [0.29, 0.717) is 19.5 Å². The van der Waals surface area contributed by atoms with Crippen molar-refractivity contribution in [2.24, 2.45) is 5.92 Å². The van der Waals surface area contributed by atoms with Gasteiger partial charge in [-0.15, -0.1) is 0 Å². The van der Waals surface area contributed by atoms with Gasteiger partial charge < -0.3 is 10.2 Å². The monoisotopic (exact) mass is 232 g/mol. The number of hydrogen-bond donors (Lipinski definition) is 1. The first-order valence-corrected chi connectivity index (χ1v) is 5.80.